The molecule has 4 N–H and O–H groups in total. The largest absolute Gasteiger partial charge is 0.440 e. The van der Waals surface area contributed by atoms with Gasteiger partial charge in [-0.3, -0.25) is 10.4 Å². The van der Waals surface area contributed by atoms with E-state index in [0.29, 0.717) is 39.6 Å². The highest BCUT2D eigenvalue weighted by atomic mass is 32.2. The van der Waals surface area contributed by atoms with Crippen molar-refractivity contribution in [2.75, 3.05) is 16.0 Å². The van der Waals surface area contributed by atoms with Crippen molar-refractivity contribution in [1.29, 1.82) is 0 Å². The molecule has 5 aromatic rings. The van der Waals surface area contributed by atoms with E-state index in [4.69, 9.17) is 10.8 Å². The van der Waals surface area contributed by atoms with Crippen LogP contribution in [0.3, 0.4) is 0 Å². The zero-order valence-corrected chi connectivity index (χ0v) is 20.2. The molecule has 9 nitrogen and oxygen atoms in total. The first-order chi connectivity index (χ1) is 17.4. The Hall–Kier alpha value is -4.75. The van der Waals surface area contributed by atoms with Gasteiger partial charge >= 0.3 is 6.03 Å². The summed E-state index contributed by atoms with van der Waals surface area (Å²) in [6.45, 7) is 3.86. The van der Waals surface area contributed by atoms with E-state index in [1.165, 1.54) is 11.8 Å². The SMILES string of the molecule is C#Cc1cc(Nc2cc(C)nc(Sc3ccc(NC(=O)Nc4cc5ccccc5o4)cc3C)n2)[nH]n1. The molecule has 0 aliphatic rings. The van der Waals surface area contributed by atoms with Crippen LogP contribution in [0.4, 0.5) is 28.0 Å². The Bertz CT molecular complexity index is 1580. The molecule has 36 heavy (non-hydrogen) atoms. The Morgan fingerprint density at radius 2 is 1.92 bits per heavy atom. The van der Waals surface area contributed by atoms with Crippen LogP contribution in [0.25, 0.3) is 11.0 Å². The molecule has 0 saturated carbocycles. The maximum atomic E-state index is 12.5. The van der Waals surface area contributed by atoms with Gasteiger partial charge in [-0.1, -0.05) is 18.2 Å². The number of para-hydroxylation sites is 1. The number of hydrogen-bond acceptors (Lipinski definition) is 7. The van der Waals surface area contributed by atoms with Crippen LogP contribution in [-0.2, 0) is 0 Å². The normalized spacial score (nSPS) is 10.7. The molecule has 0 radical (unpaired) electrons. The van der Waals surface area contributed by atoms with Gasteiger partial charge in [-0.2, -0.15) is 5.10 Å². The second-order valence-corrected chi connectivity index (χ2v) is 8.93. The van der Waals surface area contributed by atoms with Gasteiger partial charge < -0.3 is 15.1 Å². The summed E-state index contributed by atoms with van der Waals surface area (Å²) >= 11 is 1.43. The molecule has 3 aromatic heterocycles. The molecule has 0 spiro atoms. The highest BCUT2D eigenvalue weighted by Crippen LogP contribution is 2.31. The fourth-order valence-electron chi connectivity index (χ4n) is 3.51. The van der Waals surface area contributed by atoms with Gasteiger partial charge in [0.25, 0.3) is 0 Å². The van der Waals surface area contributed by atoms with Crippen molar-refractivity contribution in [3.63, 3.8) is 0 Å². The maximum Gasteiger partial charge on any atom is 0.326 e. The van der Waals surface area contributed by atoms with Gasteiger partial charge in [0.05, 0.1) is 0 Å². The van der Waals surface area contributed by atoms with E-state index in [2.05, 4.69) is 42.0 Å². The molecule has 0 saturated heterocycles. The van der Waals surface area contributed by atoms with E-state index in [0.717, 1.165) is 21.5 Å². The number of amides is 2. The summed E-state index contributed by atoms with van der Waals surface area (Å²) in [6.07, 6.45) is 5.37. The number of carbonyl (C=O) groups excluding carboxylic acids is 1. The van der Waals surface area contributed by atoms with Crippen LogP contribution >= 0.6 is 11.8 Å². The third-order valence-corrected chi connectivity index (χ3v) is 6.16. The summed E-state index contributed by atoms with van der Waals surface area (Å²) in [5.41, 5.74) is 3.65. The predicted octanol–water partition coefficient (Wildman–Crippen LogP) is 6.08. The van der Waals surface area contributed by atoms with E-state index in [-0.39, 0.29) is 0 Å². The molecule has 10 heteroatoms. The van der Waals surface area contributed by atoms with Crippen LogP contribution in [0.5, 0.6) is 0 Å². The number of anilines is 4. The number of rotatable bonds is 6. The molecule has 0 bridgehead atoms. The van der Waals surface area contributed by atoms with Gasteiger partial charge in [0.2, 0.25) is 5.88 Å². The van der Waals surface area contributed by atoms with Crippen LogP contribution in [0.2, 0.25) is 0 Å². The maximum absolute atomic E-state index is 12.5. The van der Waals surface area contributed by atoms with E-state index in [9.17, 15) is 4.79 Å². The van der Waals surface area contributed by atoms with Crippen LogP contribution in [0.15, 0.2) is 75.1 Å². The predicted molar refractivity (Wildman–Crippen MR) is 141 cm³/mol. The molecule has 0 unspecified atom stereocenters. The number of nitrogens with one attached hydrogen (secondary N) is 4. The van der Waals surface area contributed by atoms with Crippen molar-refractivity contribution in [3.05, 3.63) is 77.6 Å². The first-order valence-corrected chi connectivity index (χ1v) is 11.8. The van der Waals surface area contributed by atoms with E-state index in [1.807, 2.05) is 62.4 Å². The highest BCUT2D eigenvalue weighted by molar-refractivity contribution is 7.99. The lowest BCUT2D eigenvalue weighted by Crippen LogP contribution is -2.19. The lowest BCUT2D eigenvalue weighted by Gasteiger charge is -2.10. The minimum Gasteiger partial charge on any atom is -0.440 e. The molecule has 0 aliphatic heterocycles. The van der Waals surface area contributed by atoms with Crippen LogP contribution in [0, 0.1) is 26.2 Å². The first kappa shape index (κ1) is 23.0. The number of terminal acetylenes is 1. The van der Waals surface area contributed by atoms with Crippen molar-refractivity contribution in [2.24, 2.45) is 0 Å². The smallest absolute Gasteiger partial charge is 0.326 e. The second kappa shape index (κ2) is 9.85. The minimum absolute atomic E-state index is 0.379. The van der Waals surface area contributed by atoms with Gasteiger partial charge in [0.1, 0.15) is 22.9 Å². The number of aryl methyl sites for hydroxylation is 2. The highest BCUT2D eigenvalue weighted by Gasteiger charge is 2.11. The molecular weight excluding hydrogens is 474 g/mol. The van der Waals surface area contributed by atoms with Gasteiger partial charge in [-0.25, -0.2) is 14.8 Å². The van der Waals surface area contributed by atoms with Gasteiger partial charge in [0.15, 0.2) is 5.16 Å². The number of nitrogens with zero attached hydrogens (tertiary/aromatic N) is 3. The average molecular weight is 496 g/mol. The number of carbonyl (C=O) groups is 1. The number of furan rings is 1. The summed E-state index contributed by atoms with van der Waals surface area (Å²) in [5, 5.41) is 17.1. The lowest BCUT2D eigenvalue weighted by molar-refractivity contribution is 0.261. The van der Waals surface area contributed by atoms with Crippen LogP contribution in [0.1, 0.15) is 17.0 Å². The summed E-state index contributed by atoms with van der Waals surface area (Å²) in [4.78, 5) is 22.5. The standard InChI is InChI=1S/C26H21N7O2S/c1-4-18-14-23(33-32-18)29-22-12-16(3)27-26(30-22)36-21-10-9-19(11-15(21)2)28-25(34)31-24-13-17-7-5-6-8-20(17)35-24/h1,5-14H,2-3H3,(H2,28,31,34)(H2,27,29,30,32,33). The number of hydrogen-bond donors (Lipinski definition) is 4. The van der Waals surface area contributed by atoms with Crippen molar-refractivity contribution in [3.8, 4) is 12.3 Å². The fourth-order valence-corrected chi connectivity index (χ4v) is 4.39. The Kier molecular flexibility index (Phi) is 6.30. The van der Waals surface area contributed by atoms with Crippen molar-refractivity contribution >= 4 is 52.0 Å². The number of urea groups is 1. The van der Waals surface area contributed by atoms with Crippen molar-refractivity contribution < 1.29 is 9.21 Å². The molecule has 0 atom stereocenters. The topological polar surface area (TPSA) is 121 Å². The molecule has 2 aromatic carbocycles. The second-order valence-electron chi connectivity index (χ2n) is 7.92. The molecule has 0 aliphatic carbocycles. The van der Waals surface area contributed by atoms with Crippen LogP contribution in [-0.4, -0.2) is 26.2 Å². The number of fused-ring (bicyclic) bond motifs is 1. The number of aromatic nitrogens is 4. The fraction of sp³-hybridized carbons (Fsp3) is 0.0769. The van der Waals surface area contributed by atoms with Crippen LogP contribution < -0.4 is 16.0 Å². The Labute approximate surface area is 211 Å². The molecule has 5 rings (SSSR count). The molecule has 178 valence electrons. The lowest BCUT2D eigenvalue weighted by atomic mass is 10.2. The third-order valence-electron chi connectivity index (χ3n) is 5.12. The number of aromatic amines is 1. The van der Waals surface area contributed by atoms with Gasteiger partial charge in [0, 0.05) is 39.9 Å². The minimum atomic E-state index is -0.390. The molecular formula is C26H21N7O2S. The summed E-state index contributed by atoms with van der Waals surface area (Å²) in [6, 6.07) is 18.2. The zero-order valence-electron chi connectivity index (χ0n) is 19.4. The Balaban J connectivity index is 1.25. The average Bonchev–Trinajstić information content (AvgIpc) is 3.46. The summed E-state index contributed by atoms with van der Waals surface area (Å²) in [7, 11) is 0. The van der Waals surface area contributed by atoms with Crippen molar-refractivity contribution in [1.82, 2.24) is 20.2 Å². The molecule has 2 amide bonds. The van der Waals surface area contributed by atoms with Gasteiger partial charge in [-0.15, -0.1) is 6.42 Å². The Morgan fingerprint density at radius 1 is 1.06 bits per heavy atom. The monoisotopic (exact) mass is 495 g/mol. The van der Waals surface area contributed by atoms with Crippen molar-refractivity contribution in [2.45, 2.75) is 23.9 Å². The first-order valence-electron chi connectivity index (χ1n) is 10.9. The quantitative estimate of drug-likeness (QED) is 0.166. The number of benzene rings is 2. The molecule has 3 heterocycles. The Morgan fingerprint density at radius 3 is 2.69 bits per heavy atom. The number of H-pyrrole nitrogens is 1. The van der Waals surface area contributed by atoms with E-state index < -0.39 is 6.03 Å². The van der Waals surface area contributed by atoms with E-state index >= 15 is 0 Å². The third kappa shape index (κ3) is 5.32. The zero-order chi connectivity index (χ0) is 25.1. The van der Waals surface area contributed by atoms with Gasteiger partial charge in [-0.05, 0) is 61.4 Å². The molecule has 0 fully saturated rings. The summed E-state index contributed by atoms with van der Waals surface area (Å²) in [5.74, 6) is 4.12. The van der Waals surface area contributed by atoms with E-state index in [1.54, 1.807) is 12.1 Å². The summed E-state index contributed by atoms with van der Waals surface area (Å²) < 4.78 is 5.64.